The smallest absolute Gasteiger partial charge is 0.229 e. The van der Waals surface area contributed by atoms with Gasteiger partial charge in [0.25, 0.3) is 0 Å². The van der Waals surface area contributed by atoms with Gasteiger partial charge < -0.3 is 19.7 Å². The molecule has 0 aliphatic heterocycles. The predicted molar refractivity (Wildman–Crippen MR) is 85.6 cm³/mol. The molecule has 3 atom stereocenters. The highest BCUT2D eigenvalue weighted by atomic mass is 16.5. The fraction of sp³-hybridized carbons (Fsp3) is 0.647. The van der Waals surface area contributed by atoms with E-state index in [1.54, 1.807) is 19.6 Å². The Morgan fingerprint density at radius 2 is 2.22 bits per heavy atom. The first-order valence-corrected chi connectivity index (χ1v) is 8.22. The Bertz CT molecular complexity index is 547. The number of nitrogens with zero attached hydrogens (tertiary/aromatic N) is 2. The van der Waals surface area contributed by atoms with Crippen LogP contribution in [-0.2, 0) is 16.1 Å². The van der Waals surface area contributed by atoms with Crippen molar-refractivity contribution in [1.82, 2.24) is 14.9 Å². The Hall–Kier alpha value is -1.66. The number of carbonyl (C=O) groups is 1. The first-order chi connectivity index (χ1) is 11.1. The van der Waals surface area contributed by atoms with Crippen LogP contribution in [0.25, 0.3) is 0 Å². The summed E-state index contributed by atoms with van der Waals surface area (Å²) in [5, 5.41) is 13.4. The van der Waals surface area contributed by atoms with Crippen molar-refractivity contribution in [3.05, 3.63) is 30.9 Å². The molecule has 2 aliphatic rings. The summed E-state index contributed by atoms with van der Waals surface area (Å²) in [6, 6.07) is -0.176. The summed E-state index contributed by atoms with van der Waals surface area (Å²) < 4.78 is 7.28. The maximum atomic E-state index is 12.7. The molecular formula is C17H25N3O3. The van der Waals surface area contributed by atoms with Crippen molar-refractivity contribution < 1.29 is 14.6 Å². The zero-order chi connectivity index (χ0) is 16.3. The molecule has 3 rings (SSSR count). The predicted octanol–water partition coefficient (Wildman–Crippen LogP) is 1.12. The first-order valence-electron chi connectivity index (χ1n) is 8.22. The second kappa shape index (κ2) is 6.84. The van der Waals surface area contributed by atoms with Gasteiger partial charge in [0.2, 0.25) is 5.91 Å². The molecular weight excluding hydrogens is 294 g/mol. The number of nitrogens with one attached hydrogen (secondary N) is 1. The number of hydrogen-bond acceptors (Lipinski definition) is 4. The summed E-state index contributed by atoms with van der Waals surface area (Å²) in [6.07, 6.45) is 12.0. The summed E-state index contributed by atoms with van der Waals surface area (Å²) in [5.74, 6) is 0.348. The lowest BCUT2D eigenvalue weighted by atomic mass is 9.85. The number of imidazole rings is 1. The highest BCUT2D eigenvalue weighted by Crippen LogP contribution is 2.35. The Labute approximate surface area is 136 Å². The molecule has 0 radical (unpaired) electrons. The number of hydrogen-bond donors (Lipinski definition) is 2. The number of carbonyl (C=O) groups excluding carboxylic acids is 1. The number of ether oxygens (including phenoxy) is 1. The van der Waals surface area contributed by atoms with Crippen LogP contribution >= 0.6 is 0 Å². The van der Waals surface area contributed by atoms with Crippen LogP contribution < -0.4 is 5.32 Å². The summed E-state index contributed by atoms with van der Waals surface area (Å²) in [7, 11) is 1.62. The number of methoxy groups -OCH3 is 1. The second-order valence-corrected chi connectivity index (χ2v) is 6.84. The van der Waals surface area contributed by atoms with Gasteiger partial charge in [0.15, 0.2) is 0 Å². The zero-order valence-corrected chi connectivity index (χ0v) is 13.5. The molecule has 1 heterocycles. The summed E-state index contributed by atoms with van der Waals surface area (Å²) in [5.41, 5.74) is -0.503. The maximum Gasteiger partial charge on any atom is 0.229 e. The molecule has 2 aliphatic carbocycles. The van der Waals surface area contributed by atoms with E-state index in [-0.39, 0.29) is 11.9 Å². The van der Waals surface area contributed by atoms with Gasteiger partial charge in [0, 0.05) is 26.0 Å². The molecule has 6 nitrogen and oxygen atoms in total. The van der Waals surface area contributed by atoms with E-state index in [1.807, 2.05) is 22.9 Å². The first kappa shape index (κ1) is 16.2. The minimum absolute atomic E-state index is 0.00307. The van der Waals surface area contributed by atoms with Gasteiger partial charge in [-0.2, -0.15) is 0 Å². The van der Waals surface area contributed by atoms with Crippen LogP contribution in [0.1, 0.15) is 25.7 Å². The van der Waals surface area contributed by atoms with E-state index >= 15 is 0 Å². The lowest BCUT2D eigenvalue weighted by Gasteiger charge is -2.29. The molecule has 1 saturated carbocycles. The normalized spacial score (nSPS) is 29.0. The topological polar surface area (TPSA) is 76.4 Å². The molecule has 1 aromatic heterocycles. The van der Waals surface area contributed by atoms with Crippen molar-refractivity contribution in [2.45, 2.75) is 44.4 Å². The fourth-order valence-corrected chi connectivity index (χ4v) is 3.78. The molecule has 2 N–H and O–H groups in total. The number of aliphatic hydroxyl groups excluding tert-OH is 1. The Balaban J connectivity index is 1.58. The molecule has 1 fully saturated rings. The Morgan fingerprint density at radius 3 is 2.87 bits per heavy atom. The SMILES string of the molecule is COCC1(C(=O)N[C@@H]2CC(Cn3ccnc3)C[C@H]2O)CC=CC1. The minimum atomic E-state index is -0.503. The van der Waals surface area contributed by atoms with Gasteiger partial charge in [-0.1, -0.05) is 12.2 Å². The molecule has 0 saturated heterocycles. The second-order valence-electron chi connectivity index (χ2n) is 6.84. The van der Waals surface area contributed by atoms with E-state index in [2.05, 4.69) is 10.3 Å². The summed E-state index contributed by atoms with van der Waals surface area (Å²) >= 11 is 0. The van der Waals surface area contributed by atoms with Crippen LogP contribution in [0, 0.1) is 11.3 Å². The maximum absolute atomic E-state index is 12.7. The third kappa shape index (κ3) is 3.48. The van der Waals surface area contributed by atoms with Crippen molar-refractivity contribution in [2.24, 2.45) is 11.3 Å². The lowest BCUT2D eigenvalue weighted by Crippen LogP contribution is -2.49. The summed E-state index contributed by atoms with van der Waals surface area (Å²) in [4.78, 5) is 16.8. The molecule has 0 bridgehead atoms. The van der Waals surface area contributed by atoms with E-state index in [0.29, 0.717) is 31.8 Å². The lowest BCUT2D eigenvalue weighted by molar-refractivity contribution is -0.134. The van der Waals surface area contributed by atoms with Crippen LogP contribution in [0.15, 0.2) is 30.9 Å². The summed E-state index contributed by atoms with van der Waals surface area (Å²) in [6.45, 7) is 1.24. The zero-order valence-electron chi connectivity index (χ0n) is 13.5. The number of allylic oxidation sites excluding steroid dienone is 2. The van der Waals surface area contributed by atoms with Crippen molar-refractivity contribution in [2.75, 3.05) is 13.7 Å². The number of aliphatic hydroxyl groups is 1. The van der Waals surface area contributed by atoms with Crippen molar-refractivity contribution in [1.29, 1.82) is 0 Å². The van der Waals surface area contributed by atoms with Crippen molar-refractivity contribution >= 4 is 5.91 Å². The average Bonchev–Trinajstić information content (AvgIpc) is 3.24. The molecule has 126 valence electrons. The fourth-order valence-electron chi connectivity index (χ4n) is 3.78. The molecule has 1 unspecified atom stereocenters. The van der Waals surface area contributed by atoms with E-state index in [9.17, 15) is 9.90 Å². The van der Waals surface area contributed by atoms with Gasteiger partial charge in [-0.05, 0) is 31.6 Å². The van der Waals surface area contributed by atoms with Crippen molar-refractivity contribution in [3.8, 4) is 0 Å². The van der Waals surface area contributed by atoms with Gasteiger partial charge in [-0.3, -0.25) is 4.79 Å². The third-order valence-electron chi connectivity index (χ3n) is 5.06. The Kier molecular flexibility index (Phi) is 4.82. The van der Waals surface area contributed by atoms with Gasteiger partial charge in [0.1, 0.15) is 0 Å². The van der Waals surface area contributed by atoms with Gasteiger partial charge in [-0.15, -0.1) is 0 Å². The third-order valence-corrected chi connectivity index (χ3v) is 5.06. The molecule has 0 spiro atoms. The quantitative estimate of drug-likeness (QED) is 0.771. The van der Waals surface area contributed by atoms with Gasteiger partial charge >= 0.3 is 0 Å². The highest BCUT2D eigenvalue weighted by molar-refractivity contribution is 5.84. The van der Waals surface area contributed by atoms with E-state index < -0.39 is 11.5 Å². The van der Waals surface area contributed by atoms with E-state index in [1.165, 1.54) is 0 Å². The number of aromatic nitrogens is 2. The standard InChI is InChI=1S/C17H25N3O3/c1-23-11-17(4-2-3-5-17)16(22)19-14-8-13(9-15(14)21)10-20-7-6-18-12-20/h2-3,6-7,12-15,21H,4-5,8-11H2,1H3,(H,19,22)/t13?,14-,15-/m1/s1. The number of rotatable bonds is 6. The van der Waals surface area contributed by atoms with Gasteiger partial charge in [0.05, 0.1) is 30.5 Å². The minimum Gasteiger partial charge on any atom is -0.391 e. The van der Waals surface area contributed by atoms with Crippen molar-refractivity contribution in [3.63, 3.8) is 0 Å². The monoisotopic (exact) mass is 319 g/mol. The van der Waals surface area contributed by atoms with Gasteiger partial charge in [-0.25, -0.2) is 4.98 Å². The highest BCUT2D eigenvalue weighted by Gasteiger charge is 2.42. The number of amides is 1. The molecule has 1 amide bonds. The molecule has 0 aromatic carbocycles. The molecule has 1 aromatic rings. The average molecular weight is 319 g/mol. The Morgan fingerprint density at radius 1 is 1.43 bits per heavy atom. The van der Waals surface area contributed by atoms with Crippen LogP contribution in [-0.4, -0.2) is 46.4 Å². The molecule has 23 heavy (non-hydrogen) atoms. The van der Waals surface area contributed by atoms with E-state index in [4.69, 9.17) is 4.74 Å². The van der Waals surface area contributed by atoms with E-state index in [0.717, 1.165) is 13.0 Å². The largest absolute Gasteiger partial charge is 0.391 e. The van der Waals surface area contributed by atoms with Crippen LogP contribution in [0.3, 0.4) is 0 Å². The van der Waals surface area contributed by atoms with Crippen LogP contribution in [0.5, 0.6) is 0 Å². The molecule has 6 heteroatoms. The van der Waals surface area contributed by atoms with Crippen LogP contribution in [0.2, 0.25) is 0 Å². The van der Waals surface area contributed by atoms with Crippen LogP contribution in [0.4, 0.5) is 0 Å².